The van der Waals surface area contributed by atoms with Crippen LogP contribution in [0.3, 0.4) is 0 Å². The second-order valence-corrected chi connectivity index (χ2v) is 6.50. The number of carbonyl (C=O) groups excluding carboxylic acids is 1. The number of rotatable bonds is 2. The van der Waals surface area contributed by atoms with Crippen molar-refractivity contribution < 1.29 is 4.79 Å². The Morgan fingerprint density at radius 3 is 3.05 bits per heavy atom. The number of carbonyl (C=O) groups is 1. The average Bonchev–Trinajstić information content (AvgIpc) is 2.46. The second kappa shape index (κ2) is 5.74. The van der Waals surface area contributed by atoms with E-state index in [1.54, 1.807) is 0 Å². The minimum absolute atomic E-state index is 0.213. The zero-order valence-corrected chi connectivity index (χ0v) is 13.0. The summed E-state index contributed by atoms with van der Waals surface area (Å²) in [5.74, 6) is 0.774. The number of nitrogens with two attached hydrogens (primary N) is 1. The quantitative estimate of drug-likeness (QED) is 0.867. The Morgan fingerprint density at radius 2 is 2.25 bits per heavy atom. The number of fused-ring (bicyclic) bond motifs is 1. The zero-order chi connectivity index (χ0) is 14.1. The monoisotopic (exact) mass is 337 g/mol. The molecule has 2 atom stereocenters. The molecule has 0 saturated carbocycles. The first-order valence-corrected chi connectivity index (χ1v) is 8.00. The van der Waals surface area contributed by atoms with Gasteiger partial charge in [0, 0.05) is 47.8 Å². The maximum Gasteiger partial charge on any atom is 0.220 e. The number of benzene rings is 1. The minimum Gasteiger partial charge on any atom is -0.371 e. The number of nitrogens with one attached hydrogen (secondary N) is 1. The van der Waals surface area contributed by atoms with E-state index in [2.05, 4.69) is 38.3 Å². The van der Waals surface area contributed by atoms with Crippen LogP contribution in [0.1, 0.15) is 24.8 Å². The summed E-state index contributed by atoms with van der Waals surface area (Å²) < 4.78 is 1.08. The van der Waals surface area contributed by atoms with E-state index >= 15 is 0 Å². The van der Waals surface area contributed by atoms with Crippen molar-refractivity contribution >= 4 is 27.5 Å². The summed E-state index contributed by atoms with van der Waals surface area (Å²) in [7, 11) is 0. The Morgan fingerprint density at radius 1 is 1.40 bits per heavy atom. The Kier molecular flexibility index (Phi) is 3.98. The van der Waals surface area contributed by atoms with Gasteiger partial charge in [-0.1, -0.05) is 22.0 Å². The Labute approximate surface area is 127 Å². The first kappa shape index (κ1) is 13.9. The van der Waals surface area contributed by atoms with Gasteiger partial charge in [0.05, 0.1) is 0 Å². The molecular weight excluding hydrogens is 318 g/mol. The normalized spacial score (nSPS) is 26.1. The number of anilines is 1. The van der Waals surface area contributed by atoms with E-state index in [0.717, 1.165) is 30.4 Å². The molecule has 20 heavy (non-hydrogen) atoms. The van der Waals surface area contributed by atoms with Gasteiger partial charge in [-0.05, 0) is 30.9 Å². The maximum absolute atomic E-state index is 11.5. The smallest absolute Gasteiger partial charge is 0.220 e. The number of hydrogen-bond acceptors (Lipinski definition) is 3. The summed E-state index contributed by atoms with van der Waals surface area (Å²) in [6.45, 7) is 2.53. The van der Waals surface area contributed by atoms with Crippen LogP contribution in [-0.4, -0.2) is 25.0 Å². The van der Waals surface area contributed by atoms with E-state index in [1.807, 2.05) is 6.07 Å². The third kappa shape index (κ3) is 2.56. The zero-order valence-electron chi connectivity index (χ0n) is 11.4. The Bertz CT molecular complexity index is 520. The molecule has 0 spiro atoms. The van der Waals surface area contributed by atoms with Gasteiger partial charge in [0.25, 0.3) is 0 Å². The summed E-state index contributed by atoms with van der Waals surface area (Å²) in [6.07, 6.45) is 2.68. The molecule has 5 heteroatoms. The molecule has 3 N–H and O–H groups in total. The fraction of sp³-hybridized carbons (Fsp3) is 0.533. The molecule has 2 unspecified atom stereocenters. The van der Waals surface area contributed by atoms with Gasteiger partial charge in [0.2, 0.25) is 5.91 Å². The van der Waals surface area contributed by atoms with E-state index in [1.165, 1.54) is 11.3 Å². The molecule has 0 aliphatic carbocycles. The molecule has 0 aromatic heterocycles. The van der Waals surface area contributed by atoms with Crippen molar-refractivity contribution in [2.75, 3.05) is 18.0 Å². The highest BCUT2D eigenvalue weighted by molar-refractivity contribution is 9.10. The number of piperidine rings is 2. The second-order valence-electron chi connectivity index (χ2n) is 5.65. The summed E-state index contributed by atoms with van der Waals surface area (Å²) in [6, 6.07) is 6.61. The van der Waals surface area contributed by atoms with E-state index in [4.69, 9.17) is 5.73 Å². The average molecular weight is 338 g/mol. The highest BCUT2D eigenvalue weighted by atomic mass is 79.9. The Balaban J connectivity index is 1.80. The molecule has 2 saturated heterocycles. The fourth-order valence-corrected chi connectivity index (χ4v) is 3.89. The van der Waals surface area contributed by atoms with Crippen LogP contribution in [0.15, 0.2) is 22.7 Å². The van der Waals surface area contributed by atoms with Gasteiger partial charge in [-0.2, -0.15) is 0 Å². The lowest BCUT2D eigenvalue weighted by Crippen LogP contribution is -2.54. The molecule has 2 aliphatic heterocycles. The molecule has 4 nitrogen and oxygen atoms in total. The summed E-state index contributed by atoms with van der Waals surface area (Å²) >= 11 is 3.59. The molecule has 2 fully saturated rings. The van der Waals surface area contributed by atoms with E-state index < -0.39 is 0 Å². The van der Waals surface area contributed by atoms with Crippen LogP contribution < -0.4 is 16.0 Å². The first-order valence-electron chi connectivity index (χ1n) is 7.21. The summed E-state index contributed by atoms with van der Waals surface area (Å²) in [4.78, 5) is 13.9. The van der Waals surface area contributed by atoms with Gasteiger partial charge in [-0.15, -0.1) is 0 Å². The molecule has 1 aromatic carbocycles. The minimum atomic E-state index is 0.213. The van der Waals surface area contributed by atoms with Crippen molar-refractivity contribution in [2.45, 2.75) is 31.8 Å². The van der Waals surface area contributed by atoms with E-state index in [-0.39, 0.29) is 5.91 Å². The van der Waals surface area contributed by atoms with Crippen molar-refractivity contribution in [1.82, 2.24) is 5.32 Å². The van der Waals surface area contributed by atoms with E-state index in [0.29, 0.717) is 24.9 Å². The van der Waals surface area contributed by atoms with Gasteiger partial charge in [-0.25, -0.2) is 0 Å². The van der Waals surface area contributed by atoms with Crippen LogP contribution in [0.4, 0.5) is 5.69 Å². The molecule has 2 aliphatic rings. The number of hydrogen-bond donors (Lipinski definition) is 2. The standard InChI is InChI=1S/C15H20BrN3O/c16-12-2-1-3-14(11(12)8-17)19-7-6-13-10(9-19)4-5-15(20)18-13/h1-3,10,13H,4-9,17H2,(H,18,20). The molecule has 108 valence electrons. The predicted octanol–water partition coefficient (Wildman–Crippen LogP) is 2.01. The van der Waals surface area contributed by atoms with Gasteiger partial charge in [-0.3, -0.25) is 4.79 Å². The van der Waals surface area contributed by atoms with Crippen LogP contribution in [-0.2, 0) is 11.3 Å². The maximum atomic E-state index is 11.5. The largest absolute Gasteiger partial charge is 0.371 e. The lowest BCUT2D eigenvalue weighted by atomic mass is 9.85. The third-order valence-electron chi connectivity index (χ3n) is 4.46. The molecule has 1 amide bonds. The molecule has 0 radical (unpaired) electrons. The fourth-order valence-electron chi connectivity index (χ4n) is 3.37. The van der Waals surface area contributed by atoms with Gasteiger partial charge in [0.15, 0.2) is 0 Å². The van der Waals surface area contributed by atoms with Crippen molar-refractivity contribution in [3.8, 4) is 0 Å². The highest BCUT2D eigenvalue weighted by Gasteiger charge is 2.34. The highest BCUT2D eigenvalue weighted by Crippen LogP contribution is 2.33. The lowest BCUT2D eigenvalue weighted by molar-refractivity contribution is -0.124. The van der Waals surface area contributed by atoms with Gasteiger partial charge >= 0.3 is 0 Å². The molecule has 1 aromatic rings. The summed E-state index contributed by atoms with van der Waals surface area (Å²) in [5, 5.41) is 3.13. The number of halogens is 1. The SMILES string of the molecule is NCc1c(Br)cccc1N1CCC2NC(=O)CCC2C1. The van der Waals surface area contributed by atoms with Crippen molar-refractivity contribution in [1.29, 1.82) is 0 Å². The van der Waals surface area contributed by atoms with E-state index in [9.17, 15) is 4.79 Å². The third-order valence-corrected chi connectivity index (χ3v) is 5.20. The summed E-state index contributed by atoms with van der Waals surface area (Å²) in [5.41, 5.74) is 8.30. The van der Waals surface area contributed by atoms with Crippen molar-refractivity contribution in [3.05, 3.63) is 28.2 Å². The van der Waals surface area contributed by atoms with Crippen LogP contribution in [0.5, 0.6) is 0 Å². The predicted molar refractivity (Wildman–Crippen MR) is 83.5 cm³/mol. The molecule has 0 bridgehead atoms. The molecule has 3 rings (SSSR count). The van der Waals surface area contributed by atoms with Gasteiger partial charge < -0.3 is 16.0 Å². The van der Waals surface area contributed by atoms with Crippen molar-refractivity contribution in [3.63, 3.8) is 0 Å². The lowest BCUT2D eigenvalue weighted by Gasteiger charge is -2.43. The van der Waals surface area contributed by atoms with Crippen LogP contribution in [0.2, 0.25) is 0 Å². The van der Waals surface area contributed by atoms with Gasteiger partial charge in [0.1, 0.15) is 0 Å². The number of nitrogens with zero attached hydrogens (tertiary/aromatic N) is 1. The molecular formula is C15H20BrN3O. The number of amides is 1. The molecule has 2 heterocycles. The topological polar surface area (TPSA) is 58.4 Å². The van der Waals surface area contributed by atoms with Crippen LogP contribution in [0, 0.1) is 5.92 Å². The van der Waals surface area contributed by atoms with Crippen LogP contribution >= 0.6 is 15.9 Å². The van der Waals surface area contributed by atoms with Crippen LogP contribution in [0.25, 0.3) is 0 Å². The Hall–Kier alpha value is -1.07. The van der Waals surface area contributed by atoms with Crippen molar-refractivity contribution in [2.24, 2.45) is 11.7 Å². The first-order chi connectivity index (χ1) is 9.69.